The summed E-state index contributed by atoms with van der Waals surface area (Å²) in [6.07, 6.45) is -2.46. The van der Waals surface area contributed by atoms with Gasteiger partial charge < -0.3 is 19.6 Å². The molecule has 2 atom stereocenters. The third kappa shape index (κ3) is 5.92. The fraction of sp³-hybridized carbons (Fsp3) is 0.857. The van der Waals surface area contributed by atoms with E-state index < -0.39 is 12.1 Å². The standard InChI is InChI=1S/C19H33N3O3.C2HF3O2/c1-4-20-9-6-19(18(24)22-11-13-25-14-12-22)7-10-21(8-5-16(19)20)17(23)15(2)3;3-2(4,5)1(6)7/h15-16H,4-14H2,1-3H3;(H,6,7)/t16-,19-;/m1./s1. The molecule has 1 N–H and O–H groups in total. The van der Waals surface area contributed by atoms with E-state index in [1.165, 1.54) is 0 Å². The van der Waals surface area contributed by atoms with Gasteiger partial charge in [-0.1, -0.05) is 20.8 Å². The van der Waals surface area contributed by atoms with E-state index in [-0.39, 0.29) is 23.3 Å². The molecular weight excluding hydrogens is 431 g/mol. The van der Waals surface area contributed by atoms with E-state index in [1.807, 2.05) is 23.6 Å². The van der Waals surface area contributed by atoms with Gasteiger partial charge in [0.15, 0.2) is 0 Å². The Morgan fingerprint density at radius 3 is 2.09 bits per heavy atom. The molecule has 0 unspecified atom stereocenters. The molecule has 3 rings (SSSR count). The second-order valence-electron chi connectivity index (χ2n) is 8.78. The minimum absolute atomic E-state index is 0.0195. The van der Waals surface area contributed by atoms with Crippen LogP contribution in [0.25, 0.3) is 0 Å². The summed E-state index contributed by atoms with van der Waals surface area (Å²) in [5.74, 6) is -2.22. The highest BCUT2D eigenvalue weighted by Crippen LogP contribution is 2.45. The molecule has 0 saturated carbocycles. The number of carbonyl (C=O) groups is 3. The predicted octanol–water partition coefficient (Wildman–Crippen LogP) is 1.84. The normalized spacial score (nSPS) is 26.8. The van der Waals surface area contributed by atoms with Gasteiger partial charge in [-0.3, -0.25) is 14.5 Å². The van der Waals surface area contributed by atoms with Crippen LogP contribution in [0.2, 0.25) is 0 Å². The first-order chi connectivity index (χ1) is 14.9. The van der Waals surface area contributed by atoms with Crippen LogP contribution in [0.3, 0.4) is 0 Å². The van der Waals surface area contributed by atoms with Crippen molar-refractivity contribution in [2.24, 2.45) is 11.3 Å². The van der Waals surface area contributed by atoms with Crippen LogP contribution in [0.5, 0.6) is 0 Å². The third-order valence-corrected chi connectivity index (χ3v) is 6.60. The zero-order chi connectivity index (χ0) is 24.1. The lowest BCUT2D eigenvalue weighted by Gasteiger charge is -2.40. The van der Waals surface area contributed by atoms with Crippen molar-refractivity contribution in [1.29, 1.82) is 0 Å². The van der Waals surface area contributed by atoms with E-state index in [4.69, 9.17) is 14.6 Å². The summed E-state index contributed by atoms with van der Waals surface area (Å²) in [5.41, 5.74) is -0.320. The number of hydrogen-bond donors (Lipinski definition) is 1. The number of halogens is 3. The fourth-order valence-corrected chi connectivity index (χ4v) is 4.89. The first-order valence-electron chi connectivity index (χ1n) is 11.1. The number of aliphatic carboxylic acids is 1. The summed E-state index contributed by atoms with van der Waals surface area (Å²) in [6.45, 7) is 12.2. The van der Waals surface area contributed by atoms with E-state index in [9.17, 15) is 22.8 Å². The van der Waals surface area contributed by atoms with Crippen LogP contribution in [0.1, 0.15) is 40.0 Å². The smallest absolute Gasteiger partial charge is 0.475 e. The number of carboxylic acid groups (broad SMARTS) is 1. The first kappa shape index (κ1) is 26.4. The largest absolute Gasteiger partial charge is 0.490 e. The third-order valence-electron chi connectivity index (χ3n) is 6.60. The Morgan fingerprint density at radius 1 is 1.03 bits per heavy atom. The number of carbonyl (C=O) groups excluding carboxylic acids is 2. The number of morpholine rings is 1. The SMILES string of the molecule is CCN1CC[C@@]2(C(=O)N3CCOCC3)CCN(C(=O)C(C)C)CC[C@@H]12.O=C(O)C(F)(F)F. The van der Waals surface area contributed by atoms with Gasteiger partial charge in [0.2, 0.25) is 11.8 Å². The van der Waals surface area contributed by atoms with Crippen molar-refractivity contribution in [1.82, 2.24) is 14.7 Å². The summed E-state index contributed by atoms with van der Waals surface area (Å²) in [7, 11) is 0. The Hall–Kier alpha value is -1.88. The summed E-state index contributed by atoms with van der Waals surface area (Å²) in [5, 5.41) is 7.12. The molecule has 0 aromatic rings. The van der Waals surface area contributed by atoms with Gasteiger partial charge >= 0.3 is 12.1 Å². The zero-order valence-electron chi connectivity index (χ0n) is 19.0. The molecule has 3 aliphatic heterocycles. The summed E-state index contributed by atoms with van der Waals surface area (Å²) >= 11 is 0. The first-order valence-corrected chi connectivity index (χ1v) is 11.1. The highest BCUT2D eigenvalue weighted by molar-refractivity contribution is 5.85. The van der Waals surface area contributed by atoms with Gasteiger partial charge in [-0.15, -0.1) is 0 Å². The van der Waals surface area contributed by atoms with E-state index in [0.717, 1.165) is 38.9 Å². The van der Waals surface area contributed by atoms with E-state index in [1.54, 1.807) is 0 Å². The topological polar surface area (TPSA) is 90.4 Å². The van der Waals surface area contributed by atoms with Crippen LogP contribution in [0, 0.1) is 11.3 Å². The molecule has 3 heterocycles. The van der Waals surface area contributed by atoms with Crippen molar-refractivity contribution in [3.8, 4) is 0 Å². The number of hydrogen-bond acceptors (Lipinski definition) is 5. The molecule has 0 aliphatic carbocycles. The minimum Gasteiger partial charge on any atom is -0.475 e. The van der Waals surface area contributed by atoms with Crippen molar-refractivity contribution in [2.45, 2.75) is 52.3 Å². The summed E-state index contributed by atoms with van der Waals surface area (Å²) < 4.78 is 37.2. The Morgan fingerprint density at radius 2 is 1.59 bits per heavy atom. The van der Waals surface area contributed by atoms with Crippen LogP contribution in [0.4, 0.5) is 13.2 Å². The van der Waals surface area contributed by atoms with Crippen molar-refractivity contribution in [3.63, 3.8) is 0 Å². The van der Waals surface area contributed by atoms with Crippen LogP contribution < -0.4 is 0 Å². The van der Waals surface area contributed by atoms with E-state index in [2.05, 4.69) is 11.8 Å². The molecule has 3 fully saturated rings. The molecule has 8 nitrogen and oxygen atoms in total. The predicted molar refractivity (Wildman–Crippen MR) is 110 cm³/mol. The van der Waals surface area contributed by atoms with Crippen molar-refractivity contribution < 1.29 is 37.4 Å². The summed E-state index contributed by atoms with van der Waals surface area (Å²) in [6, 6.07) is 0.262. The van der Waals surface area contributed by atoms with Crippen LogP contribution in [0.15, 0.2) is 0 Å². The molecule has 11 heteroatoms. The van der Waals surface area contributed by atoms with Crippen molar-refractivity contribution in [3.05, 3.63) is 0 Å². The number of fused-ring (bicyclic) bond motifs is 1. The average molecular weight is 466 g/mol. The quantitative estimate of drug-likeness (QED) is 0.684. The Labute approximate surface area is 186 Å². The molecular formula is C21H34F3N3O5. The van der Waals surface area contributed by atoms with Gasteiger partial charge in [0, 0.05) is 38.1 Å². The monoisotopic (exact) mass is 465 g/mol. The van der Waals surface area contributed by atoms with Gasteiger partial charge in [-0.2, -0.15) is 13.2 Å². The van der Waals surface area contributed by atoms with Gasteiger partial charge in [0.25, 0.3) is 0 Å². The van der Waals surface area contributed by atoms with Crippen LogP contribution in [-0.4, -0.2) is 102 Å². The number of likely N-dealkylation sites (tertiary alicyclic amines) is 2. The summed E-state index contributed by atoms with van der Waals surface area (Å²) in [4.78, 5) is 41.4. The van der Waals surface area contributed by atoms with Gasteiger partial charge in [-0.25, -0.2) is 4.79 Å². The molecule has 2 amide bonds. The molecule has 3 saturated heterocycles. The van der Waals surface area contributed by atoms with Crippen molar-refractivity contribution >= 4 is 17.8 Å². The van der Waals surface area contributed by atoms with Gasteiger partial charge in [0.1, 0.15) is 0 Å². The maximum Gasteiger partial charge on any atom is 0.490 e. The molecule has 0 radical (unpaired) electrons. The molecule has 0 bridgehead atoms. The second kappa shape index (κ2) is 10.8. The van der Waals surface area contributed by atoms with Crippen molar-refractivity contribution in [2.75, 3.05) is 52.5 Å². The molecule has 0 aromatic heterocycles. The number of rotatable bonds is 3. The lowest BCUT2D eigenvalue weighted by Crippen LogP contribution is -2.53. The number of nitrogens with zero attached hydrogens (tertiary/aromatic N) is 3. The zero-order valence-corrected chi connectivity index (χ0v) is 19.0. The lowest BCUT2D eigenvalue weighted by atomic mass is 9.75. The number of amides is 2. The Kier molecular flexibility index (Phi) is 8.92. The lowest BCUT2D eigenvalue weighted by molar-refractivity contribution is -0.192. The van der Waals surface area contributed by atoms with Crippen LogP contribution >= 0.6 is 0 Å². The number of carboxylic acids is 1. The molecule has 0 aromatic carbocycles. The Balaban J connectivity index is 0.000000451. The highest BCUT2D eigenvalue weighted by Gasteiger charge is 2.54. The van der Waals surface area contributed by atoms with Crippen LogP contribution in [-0.2, 0) is 19.1 Å². The Bertz CT molecular complexity index is 682. The average Bonchev–Trinajstić information content (AvgIpc) is 3.00. The highest BCUT2D eigenvalue weighted by atomic mass is 19.4. The second-order valence-corrected chi connectivity index (χ2v) is 8.78. The maximum absolute atomic E-state index is 13.5. The van der Waals surface area contributed by atoms with E-state index in [0.29, 0.717) is 38.8 Å². The molecule has 184 valence electrons. The maximum atomic E-state index is 13.5. The minimum atomic E-state index is -5.08. The van der Waals surface area contributed by atoms with Gasteiger partial charge in [-0.05, 0) is 32.4 Å². The fourth-order valence-electron chi connectivity index (χ4n) is 4.89. The van der Waals surface area contributed by atoms with Gasteiger partial charge in [0.05, 0.1) is 18.6 Å². The number of alkyl halides is 3. The molecule has 0 spiro atoms. The molecule has 32 heavy (non-hydrogen) atoms. The molecule has 3 aliphatic rings. The number of ether oxygens (including phenoxy) is 1. The van der Waals surface area contributed by atoms with E-state index >= 15 is 0 Å².